The lowest BCUT2D eigenvalue weighted by atomic mass is 10.0. The molecule has 0 rings (SSSR count). The van der Waals surface area contributed by atoms with Crippen molar-refractivity contribution in [3.63, 3.8) is 0 Å². The second-order valence-electron chi connectivity index (χ2n) is 19.5. The maximum Gasteiger partial charge on any atom is 0.306 e. The molecular weight excluding hydrogens is 861 g/mol. The molecule has 0 aliphatic carbocycles. The van der Waals surface area contributed by atoms with Crippen LogP contribution in [-0.4, -0.2) is 37.9 Å². The Morgan fingerprint density at radius 2 is 0.643 bits per heavy atom. The van der Waals surface area contributed by atoms with Crippen LogP contribution >= 0.6 is 0 Å². The molecular formula is C65H112O5. The molecule has 0 heterocycles. The first-order chi connectivity index (χ1) is 34.6. The van der Waals surface area contributed by atoms with Crippen LogP contribution in [-0.2, 0) is 23.8 Å². The Balaban J connectivity index is 4.39. The second-order valence-corrected chi connectivity index (χ2v) is 19.5. The number of carbonyl (C=O) groups excluding carboxylic acids is 2. The number of hydrogen-bond acceptors (Lipinski definition) is 5. The van der Waals surface area contributed by atoms with Gasteiger partial charge in [-0.25, -0.2) is 0 Å². The molecule has 70 heavy (non-hydrogen) atoms. The van der Waals surface area contributed by atoms with Gasteiger partial charge in [0.2, 0.25) is 0 Å². The van der Waals surface area contributed by atoms with E-state index < -0.39 is 6.10 Å². The van der Waals surface area contributed by atoms with Crippen molar-refractivity contribution in [1.29, 1.82) is 0 Å². The zero-order valence-corrected chi connectivity index (χ0v) is 46.3. The Morgan fingerprint density at radius 1 is 0.329 bits per heavy atom. The number of esters is 2. The molecule has 0 spiro atoms. The Hall–Kier alpha value is -3.18. The normalized spacial score (nSPS) is 12.9. The number of ether oxygens (including phenoxy) is 3. The zero-order valence-electron chi connectivity index (χ0n) is 46.3. The van der Waals surface area contributed by atoms with E-state index >= 15 is 0 Å². The van der Waals surface area contributed by atoms with Gasteiger partial charge in [0.1, 0.15) is 6.61 Å². The molecule has 0 amide bonds. The van der Waals surface area contributed by atoms with E-state index in [9.17, 15) is 9.59 Å². The van der Waals surface area contributed by atoms with Gasteiger partial charge in [-0.1, -0.05) is 266 Å². The lowest BCUT2D eigenvalue weighted by Gasteiger charge is -2.18. The molecule has 0 fully saturated rings. The van der Waals surface area contributed by atoms with Crippen molar-refractivity contribution in [2.75, 3.05) is 19.8 Å². The summed E-state index contributed by atoms with van der Waals surface area (Å²) in [6, 6.07) is 0. The lowest BCUT2D eigenvalue weighted by Crippen LogP contribution is -2.30. The van der Waals surface area contributed by atoms with Crippen LogP contribution < -0.4 is 0 Å². The van der Waals surface area contributed by atoms with Gasteiger partial charge >= 0.3 is 11.9 Å². The molecule has 0 aliphatic rings. The Labute approximate surface area is 434 Å². The maximum atomic E-state index is 12.9. The Bertz CT molecular complexity index is 1330. The molecule has 5 nitrogen and oxygen atoms in total. The third-order valence-corrected chi connectivity index (χ3v) is 12.6. The molecule has 5 heteroatoms. The van der Waals surface area contributed by atoms with Gasteiger partial charge in [0.25, 0.3) is 0 Å². The van der Waals surface area contributed by atoms with Gasteiger partial charge < -0.3 is 14.2 Å². The highest BCUT2D eigenvalue weighted by Crippen LogP contribution is 2.16. The van der Waals surface area contributed by atoms with Crippen LogP contribution in [0.2, 0.25) is 0 Å². The minimum absolute atomic E-state index is 0.0560. The summed E-state index contributed by atoms with van der Waals surface area (Å²) in [5.74, 6) is -0.431. The zero-order chi connectivity index (χ0) is 50.6. The molecule has 0 aliphatic heterocycles. The van der Waals surface area contributed by atoms with Gasteiger partial charge in [-0.15, -0.1) is 0 Å². The number of hydrogen-bond donors (Lipinski definition) is 0. The van der Waals surface area contributed by atoms with Crippen LogP contribution in [0, 0.1) is 0 Å². The minimum atomic E-state index is -0.574. The molecule has 1 unspecified atom stereocenters. The van der Waals surface area contributed by atoms with E-state index in [1.807, 2.05) is 0 Å². The van der Waals surface area contributed by atoms with Crippen LogP contribution in [0.4, 0.5) is 0 Å². The van der Waals surface area contributed by atoms with E-state index in [1.54, 1.807) is 0 Å². The highest BCUT2D eigenvalue weighted by atomic mass is 16.6. The molecule has 0 bridgehead atoms. The highest BCUT2D eigenvalue weighted by molar-refractivity contribution is 5.70. The van der Waals surface area contributed by atoms with Crippen molar-refractivity contribution in [3.05, 3.63) is 97.2 Å². The summed E-state index contributed by atoms with van der Waals surface area (Å²) in [4.78, 5) is 25.6. The van der Waals surface area contributed by atoms with Crippen molar-refractivity contribution in [2.24, 2.45) is 0 Å². The maximum absolute atomic E-state index is 12.9. The number of rotatable bonds is 54. The monoisotopic (exact) mass is 973 g/mol. The summed E-state index contributed by atoms with van der Waals surface area (Å²) < 4.78 is 17.4. The van der Waals surface area contributed by atoms with E-state index in [0.29, 0.717) is 19.4 Å². The summed E-state index contributed by atoms with van der Waals surface area (Å²) in [6.07, 6.45) is 81.5. The van der Waals surface area contributed by atoms with Gasteiger partial charge in [-0.3, -0.25) is 9.59 Å². The molecule has 0 aromatic heterocycles. The predicted molar refractivity (Wildman–Crippen MR) is 306 cm³/mol. The van der Waals surface area contributed by atoms with Crippen molar-refractivity contribution in [3.8, 4) is 0 Å². The summed E-state index contributed by atoms with van der Waals surface area (Å²) in [6.45, 7) is 7.57. The summed E-state index contributed by atoms with van der Waals surface area (Å²) in [5, 5.41) is 0. The van der Waals surface area contributed by atoms with Crippen molar-refractivity contribution < 1.29 is 23.8 Å². The average Bonchev–Trinajstić information content (AvgIpc) is 3.36. The third kappa shape index (κ3) is 57.4. The van der Waals surface area contributed by atoms with E-state index in [2.05, 4.69) is 118 Å². The fraction of sp³-hybridized carbons (Fsp3) is 0.723. The van der Waals surface area contributed by atoms with E-state index in [1.165, 1.54) is 154 Å². The van der Waals surface area contributed by atoms with Crippen molar-refractivity contribution in [2.45, 2.75) is 284 Å². The Kier molecular flexibility index (Phi) is 57.4. The van der Waals surface area contributed by atoms with Crippen molar-refractivity contribution in [1.82, 2.24) is 0 Å². The van der Waals surface area contributed by atoms with Crippen LogP contribution in [0.5, 0.6) is 0 Å². The van der Waals surface area contributed by atoms with Gasteiger partial charge in [0.05, 0.1) is 6.61 Å². The quantitative estimate of drug-likeness (QED) is 0.0345. The first-order valence-corrected chi connectivity index (χ1v) is 29.8. The average molecular weight is 974 g/mol. The fourth-order valence-electron chi connectivity index (χ4n) is 8.21. The molecule has 1 atom stereocenters. The molecule has 0 N–H and O–H groups in total. The standard InChI is InChI=1S/C65H112O5/c1-4-7-10-13-16-19-22-25-28-31-32-33-36-39-42-45-48-51-54-57-60-68-61-63(70-65(67)59-56-53-50-47-44-41-38-35-30-27-24-21-18-15-12-9-6-3)62-69-64(66)58-55-52-49-46-43-40-37-34-29-26-23-20-17-14-11-8-5-2/h7,10,16-17,19-20,25-26,28-29,32-33,39,42,48,51,63H,4-6,8-9,11-15,18,21-24,27,30-31,34-38,40-41,43-47,49-50,52-62H2,1-3H3/b10-7-,19-16-,20-17-,28-25-,29-26-,33-32-,42-39-,51-48-. The van der Waals surface area contributed by atoms with Gasteiger partial charge in [-0.2, -0.15) is 0 Å². The van der Waals surface area contributed by atoms with Crippen LogP contribution in [0.15, 0.2) is 97.2 Å². The minimum Gasteiger partial charge on any atom is -0.462 e. The lowest BCUT2D eigenvalue weighted by molar-refractivity contribution is -0.163. The summed E-state index contributed by atoms with van der Waals surface area (Å²) in [7, 11) is 0. The number of unbranched alkanes of at least 4 members (excludes halogenated alkanes) is 27. The van der Waals surface area contributed by atoms with Crippen LogP contribution in [0.3, 0.4) is 0 Å². The Morgan fingerprint density at radius 3 is 1.06 bits per heavy atom. The van der Waals surface area contributed by atoms with Crippen LogP contribution in [0.25, 0.3) is 0 Å². The van der Waals surface area contributed by atoms with Crippen LogP contribution in [0.1, 0.15) is 278 Å². The first-order valence-electron chi connectivity index (χ1n) is 29.8. The molecule has 0 saturated heterocycles. The van der Waals surface area contributed by atoms with E-state index in [-0.39, 0.29) is 25.2 Å². The third-order valence-electron chi connectivity index (χ3n) is 12.6. The molecule has 0 aromatic carbocycles. The fourth-order valence-corrected chi connectivity index (χ4v) is 8.21. The van der Waals surface area contributed by atoms with Gasteiger partial charge in [0.15, 0.2) is 6.10 Å². The highest BCUT2D eigenvalue weighted by Gasteiger charge is 2.17. The predicted octanol–water partition coefficient (Wildman–Crippen LogP) is 20.6. The van der Waals surface area contributed by atoms with Gasteiger partial charge in [-0.05, 0) is 96.3 Å². The second kappa shape index (κ2) is 60.1. The van der Waals surface area contributed by atoms with E-state index in [4.69, 9.17) is 14.2 Å². The van der Waals surface area contributed by atoms with E-state index in [0.717, 1.165) is 89.9 Å². The SMILES string of the molecule is CC/C=C\C/C=C\C/C=C\C/C=C\C/C=C\C/C=C\CCCOCC(COC(=O)CCCCCCCCC/C=C\C/C=C\CCCCC)OC(=O)CCCCCCCCCCCCCCCCCCC. The topological polar surface area (TPSA) is 61.8 Å². The molecule has 0 radical (unpaired) electrons. The molecule has 402 valence electrons. The number of allylic oxidation sites excluding steroid dienone is 16. The summed E-state index contributed by atoms with van der Waals surface area (Å²) in [5.41, 5.74) is 0. The summed E-state index contributed by atoms with van der Waals surface area (Å²) >= 11 is 0. The molecule has 0 saturated carbocycles. The van der Waals surface area contributed by atoms with Crippen molar-refractivity contribution >= 4 is 11.9 Å². The van der Waals surface area contributed by atoms with Gasteiger partial charge in [0, 0.05) is 19.4 Å². The smallest absolute Gasteiger partial charge is 0.306 e. The first kappa shape index (κ1) is 66.8. The number of carbonyl (C=O) groups is 2. The largest absolute Gasteiger partial charge is 0.462 e. The molecule has 0 aromatic rings.